The highest BCUT2D eigenvalue weighted by Crippen LogP contribution is 2.17. The lowest BCUT2D eigenvalue weighted by molar-refractivity contribution is -0.134. The van der Waals surface area contributed by atoms with Gasteiger partial charge in [-0.15, -0.1) is 6.58 Å². The number of rotatable bonds is 7. The van der Waals surface area contributed by atoms with Crippen LogP contribution in [0.25, 0.3) is 0 Å². The molecule has 0 radical (unpaired) electrons. The van der Waals surface area contributed by atoms with Gasteiger partial charge < -0.3 is 15.8 Å². The molecule has 2 atom stereocenters. The van der Waals surface area contributed by atoms with Gasteiger partial charge >= 0.3 is 0 Å². The van der Waals surface area contributed by atoms with Gasteiger partial charge in [0.25, 0.3) is 5.91 Å². The molecule has 1 aromatic carbocycles. The monoisotopic (exact) mass is 276 g/mol. The first-order chi connectivity index (χ1) is 9.45. The predicted octanol–water partition coefficient (Wildman–Crippen LogP) is 1.31. The fourth-order valence-corrected chi connectivity index (χ4v) is 1.84. The highest BCUT2D eigenvalue weighted by atomic mass is 16.5. The van der Waals surface area contributed by atoms with Gasteiger partial charge in [0.05, 0.1) is 0 Å². The number of primary amides is 1. The molecule has 1 aromatic rings. The van der Waals surface area contributed by atoms with Crippen LogP contribution in [0, 0.1) is 0 Å². The van der Waals surface area contributed by atoms with Crippen molar-refractivity contribution < 1.29 is 14.3 Å². The molecule has 0 aromatic heterocycles. The Morgan fingerprint density at radius 1 is 1.35 bits per heavy atom. The zero-order valence-electron chi connectivity index (χ0n) is 11.8. The second-order valence-corrected chi connectivity index (χ2v) is 4.65. The summed E-state index contributed by atoms with van der Waals surface area (Å²) in [5.74, 6) is -0.993. The standard InChI is InChI=1S/C15H20N2O3/c1-10(2)9-12(14(16)18)17-15(19)13(20-3)11-7-5-4-6-8-11/h4-8,12-13H,1,9H2,2-3H3,(H2,16,18)(H,17,19)/t12-,13+/m0/s1. The number of hydrogen-bond donors (Lipinski definition) is 2. The second kappa shape index (κ2) is 7.45. The van der Waals surface area contributed by atoms with E-state index >= 15 is 0 Å². The predicted molar refractivity (Wildman–Crippen MR) is 76.7 cm³/mol. The number of nitrogens with two attached hydrogens (primary N) is 1. The molecule has 0 unspecified atom stereocenters. The Hall–Kier alpha value is -2.14. The highest BCUT2D eigenvalue weighted by Gasteiger charge is 2.25. The van der Waals surface area contributed by atoms with Crippen LogP contribution in [0.3, 0.4) is 0 Å². The van der Waals surface area contributed by atoms with E-state index in [2.05, 4.69) is 11.9 Å². The molecule has 0 bridgehead atoms. The van der Waals surface area contributed by atoms with Crippen molar-refractivity contribution in [1.29, 1.82) is 0 Å². The largest absolute Gasteiger partial charge is 0.368 e. The van der Waals surface area contributed by atoms with Crippen LogP contribution in [0.1, 0.15) is 25.0 Å². The van der Waals surface area contributed by atoms with E-state index < -0.39 is 24.0 Å². The minimum absolute atomic E-state index is 0.312. The molecule has 0 aliphatic rings. The molecule has 0 aliphatic heterocycles. The summed E-state index contributed by atoms with van der Waals surface area (Å²) in [5.41, 5.74) is 6.76. The van der Waals surface area contributed by atoms with Gasteiger partial charge in [-0.1, -0.05) is 35.9 Å². The maximum Gasteiger partial charge on any atom is 0.254 e. The van der Waals surface area contributed by atoms with Crippen molar-refractivity contribution in [3.8, 4) is 0 Å². The molecule has 0 spiro atoms. The summed E-state index contributed by atoms with van der Waals surface area (Å²) in [6.07, 6.45) is -0.463. The fraction of sp³-hybridized carbons (Fsp3) is 0.333. The Bertz CT molecular complexity index is 485. The lowest BCUT2D eigenvalue weighted by Crippen LogP contribution is -2.46. The lowest BCUT2D eigenvalue weighted by atomic mass is 10.1. The Kier molecular flexibility index (Phi) is 5.93. The molecule has 3 N–H and O–H groups in total. The van der Waals surface area contributed by atoms with Gasteiger partial charge in [0, 0.05) is 7.11 Å². The van der Waals surface area contributed by atoms with Gasteiger partial charge in [0.15, 0.2) is 6.10 Å². The van der Waals surface area contributed by atoms with E-state index in [-0.39, 0.29) is 0 Å². The average Bonchev–Trinajstić information content (AvgIpc) is 2.39. The third-order valence-electron chi connectivity index (χ3n) is 2.79. The third kappa shape index (κ3) is 4.51. The van der Waals surface area contributed by atoms with E-state index in [9.17, 15) is 9.59 Å². The van der Waals surface area contributed by atoms with Crippen molar-refractivity contribution >= 4 is 11.8 Å². The first kappa shape index (κ1) is 15.9. The van der Waals surface area contributed by atoms with Crippen molar-refractivity contribution in [3.05, 3.63) is 48.0 Å². The molecule has 0 saturated heterocycles. The van der Waals surface area contributed by atoms with Crippen LogP contribution in [-0.4, -0.2) is 25.0 Å². The van der Waals surface area contributed by atoms with Crippen LogP contribution < -0.4 is 11.1 Å². The highest BCUT2D eigenvalue weighted by molar-refractivity contribution is 5.89. The van der Waals surface area contributed by atoms with E-state index in [1.165, 1.54) is 7.11 Å². The Labute approximate surface area is 118 Å². The van der Waals surface area contributed by atoms with Crippen LogP contribution in [0.5, 0.6) is 0 Å². The fourth-order valence-electron chi connectivity index (χ4n) is 1.84. The Balaban J connectivity index is 2.81. The molecule has 5 nitrogen and oxygen atoms in total. The number of amides is 2. The first-order valence-electron chi connectivity index (χ1n) is 6.27. The molecule has 108 valence electrons. The molecule has 20 heavy (non-hydrogen) atoms. The van der Waals surface area contributed by atoms with Gasteiger partial charge in [-0.3, -0.25) is 9.59 Å². The normalized spacial score (nSPS) is 13.3. The van der Waals surface area contributed by atoms with Crippen molar-refractivity contribution in [2.75, 3.05) is 7.11 Å². The van der Waals surface area contributed by atoms with Gasteiger partial charge in [-0.2, -0.15) is 0 Å². The molecule has 0 fully saturated rings. The number of nitrogens with one attached hydrogen (secondary N) is 1. The Morgan fingerprint density at radius 2 is 1.95 bits per heavy atom. The van der Waals surface area contributed by atoms with Gasteiger partial charge in [0.1, 0.15) is 6.04 Å². The quantitative estimate of drug-likeness (QED) is 0.737. The van der Waals surface area contributed by atoms with Crippen LogP contribution in [0.15, 0.2) is 42.5 Å². The number of ether oxygens (including phenoxy) is 1. The van der Waals surface area contributed by atoms with Crippen molar-refractivity contribution in [1.82, 2.24) is 5.32 Å². The van der Waals surface area contributed by atoms with Gasteiger partial charge in [0.2, 0.25) is 5.91 Å². The summed E-state index contributed by atoms with van der Waals surface area (Å²) >= 11 is 0. The zero-order chi connectivity index (χ0) is 15.1. The SMILES string of the molecule is C=C(C)C[C@H](NC(=O)[C@H](OC)c1ccccc1)C(N)=O. The van der Waals surface area contributed by atoms with Crippen molar-refractivity contribution in [3.63, 3.8) is 0 Å². The summed E-state index contributed by atoms with van der Waals surface area (Å²) in [6, 6.07) is 8.27. The number of benzene rings is 1. The molecule has 0 saturated carbocycles. The maximum absolute atomic E-state index is 12.2. The molecule has 2 amide bonds. The van der Waals surface area contributed by atoms with Crippen molar-refractivity contribution in [2.45, 2.75) is 25.5 Å². The van der Waals surface area contributed by atoms with Crippen LogP contribution in [-0.2, 0) is 14.3 Å². The minimum Gasteiger partial charge on any atom is -0.368 e. The molecular formula is C15H20N2O3. The lowest BCUT2D eigenvalue weighted by Gasteiger charge is -2.20. The maximum atomic E-state index is 12.2. The van der Waals surface area contributed by atoms with Crippen molar-refractivity contribution in [2.24, 2.45) is 5.73 Å². The molecule has 5 heteroatoms. The van der Waals surface area contributed by atoms with Crippen LogP contribution >= 0.6 is 0 Å². The first-order valence-corrected chi connectivity index (χ1v) is 6.27. The smallest absolute Gasteiger partial charge is 0.254 e. The number of carbonyl (C=O) groups excluding carboxylic acids is 2. The van der Waals surface area contributed by atoms with E-state index in [0.29, 0.717) is 12.0 Å². The third-order valence-corrected chi connectivity index (χ3v) is 2.79. The number of hydrogen-bond acceptors (Lipinski definition) is 3. The van der Waals surface area contributed by atoms with Gasteiger partial charge in [-0.05, 0) is 18.9 Å². The molecule has 1 rings (SSSR count). The van der Waals surface area contributed by atoms with Crippen LogP contribution in [0.4, 0.5) is 0 Å². The molecule has 0 aliphatic carbocycles. The van der Waals surface area contributed by atoms with Gasteiger partial charge in [-0.25, -0.2) is 0 Å². The zero-order valence-corrected chi connectivity index (χ0v) is 11.8. The van der Waals surface area contributed by atoms with E-state index in [1.807, 2.05) is 18.2 Å². The topological polar surface area (TPSA) is 81.4 Å². The average molecular weight is 276 g/mol. The molecule has 0 heterocycles. The van der Waals surface area contributed by atoms with E-state index in [1.54, 1.807) is 19.1 Å². The van der Waals surface area contributed by atoms with Crippen LogP contribution in [0.2, 0.25) is 0 Å². The number of methoxy groups -OCH3 is 1. The summed E-state index contributed by atoms with van der Waals surface area (Å²) in [6.45, 7) is 5.49. The summed E-state index contributed by atoms with van der Waals surface area (Å²) < 4.78 is 5.20. The molecular weight excluding hydrogens is 256 g/mol. The summed E-state index contributed by atoms with van der Waals surface area (Å²) in [4.78, 5) is 23.5. The van der Waals surface area contributed by atoms with E-state index in [4.69, 9.17) is 10.5 Å². The number of carbonyl (C=O) groups is 2. The summed E-state index contributed by atoms with van der Waals surface area (Å²) in [5, 5.41) is 2.60. The minimum atomic E-state index is -0.777. The van der Waals surface area contributed by atoms with E-state index in [0.717, 1.165) is 5.57 Å². The Morgan fingerprint density at radius 3 is 2.40 bits per heavy atom. The second-order valence-electron chi connectivity index (χ2n) is 4.65. The summed E-state index contributed by atoms with van der Waals surface area (Å²) in [7, 11) is 1.44.